The van der Waals surface area contributed by atoms with Crippen molar-refractivity contribution in [3.63, 3.8) is 0 Å². The molecule has 0 aliphatic heterocycles. The fourth-order valence-corrected chi connectivity index (χ4v) is 3.79. The lowest BCUT2D eigenvalue weighted by Gasteiger charge is -2.13. The molecule has 156 valence electrons. The molecule has 0 bridgehead atoms. The number of amides is 2. The highest BCUT2D eigenvalue weighted by atomic mass is 79.9. The van der Waals surface area contributed by atoms with Crippen molar-refractivity contribution in [2.75, 3.05) is 31.8 Å². The summed E-state index contributed by atoms with van der Waals surface area (Å²) in [6, 6.07) is 8.40. The Bertz CT molecular complexity index is 1020. The summed E-state index contributed by atoms with van der Waals surface area (Å²) in [7, 11) is -0.564. The van der Waals surface area contributed by atoms with Gasteiger partial charge in [0.05, 0.1) is 37.1 Å². The fraction of sp³-hybridized carbons (Fsp3) is 0.263. The number of carbonyl (C=O) groups is 2. The Balaban J connectivity index is 2.10. The zero-order chi connectivity index (χ0) is 21.6. The molecular weight excluding hydrogens is 464 g/mol. The van der Waals surface area contributed by atoms with Crippen LogP contribution in [0.25, 0.3) is 0 Å². The van der Waals surface area contributed by atoms with Crippen molar-refractivity contribution in [2.45, 2.75) is 11.8 Å². The Hall–Kier alpha value is -2.59. The van der Waals surface area contributed by atoms with Crippen molar-refractivity contribution in [1.29, 1.82) is 0 Å². The Morgan fingerprint density at radius 1 is 1.07 bits per heavy atom. The molecule has 2 aromatic carbocycles. The standard InChI is InChI=1S/C19H21BrN2O6S/c1-4-29(25,26)15-5-6-18(28-3)16(10-15)22-19(24)21-11-17(23)12-7-13(20)9-14(8-12)27-2/h5-10H,4,11H2,1-3H3,(H2,21,22,24). The molecule has 10 heteroatoms. The monoisotopic (exact) mass is 484 g/mol. The third kappa shape index (κ3) is 5.94. The molecule has 2 aromatic rings. The predicted molar refractivity (Wildman–Crippen MR) is 113 cm³/mol. The average Bonchev–Trinajstić information content (AvgIpc) is 2.71. The minimum absolute atomic E-state index is 0.0633. The van der Waals surface area contributed by atoms with Gasteiger partial charge in [-0.2, -0.15) is 0 Å². The van der Waals surface area contributed by atoms with Gasteiger partial charge in [-0.25, -0.2) is 13.2 Å². The molecule has 0 aromatic heterocycles. The highest BCUT2D eigenvalue weighted by molar-refractivity contribution is 9.10. The van der Waals surface area contributed by atoms with Crippen LogP contribution >= 0.6 is 15.9 Å². The number of halogens is 1. The number of urea groups is 1. The van der Waals surface area contributed by atoms with E-state index in [4.69, 9.17) is 9.47 Å². The van der Waals surface area contributed by atoms with Gasteiger partial charge in [-0.1, -0.05) is 22.9 Å². The number of carbonyl (C=O) groups excluding carboxylic acids is 2. The second-order valence-electron chi connectivity index (χ2n) is 5.88. The van der Waals surface area contributed by atoms with Crippen molar-refractivity contribution in [2.24, 2.45) is 0 Å². The summed E-state index contributed by atoms with van der Waals surface area (Å²) in [5.74, 6) is 0.397. The van der Waals surface area contributed by atoms with E-state index in [1.54, 1.807) is 18.2 Å². The van der Waals surface area contributed by atoms with Crippen LogP contribution in [0.1, 0.15) is 17.3 Å². The van der Waals surface area contributed by atoms with Crippen LogP contribution in [0.2, 0.25) is 0 Å². The molecule has 0 aliphatic carbocycles. The lowest BCUT2D eigenvalue weighted by molar-refractivity contribution is 0.0992. The maximum absolute atomic E-state index is 12.3. The van der Waals surface area contributed by atoms with E-state index < -0.39 is 15.9 Å². The molecule has 8 nitrogen and oxygen atoms in total. The van der Waals surface area contributed by atoms with Gasteiger partial charge >= 0.3 is 6.03 Å². The lowest BCUT2D eigenvalue weighted by atomic mass is 10.1. The van der Waals surface area contributed by atoms with E-state index in [9.17, 15) is 18.0 Å². The van der Waals surface area contributed by atoms with Gasteiger partial charge in [-0.3, -0.25) is 4.79 Å². The summed E-state index contributed by atoms with van der Waals surface area (Å²) >= 11 is 3.30. The van der Waals surface area contributed by atoms with Gasteiger partial charge in [0.25, 0.3) is 0 Å². The second-order valence-corrected chi connectivity index (χ2v) is 9.07. The molecule has 0 heterocycles. The van der Waals surface area contributed by atoms with E-state index in [1.807, 2.05) is 0 Å². The Labute approximate surface area is 177 Å². The number of Topliss-reactive ketones (excluding diaryl/α,β-unsaturated/α-hetero) is 1. The predicted octanol–water partition coefficient (Wildman–Crippen LogP) is 3.26. The van der Waals surface area contributed by atoms with Crippen LogP contribution in [-0.4, -0.2) is 46.7 Å². The third-order valence-electron chi connectivity index (χ3n) is 4.00. The number of hydrogen-bond donors (Lipinski definition) is 2. The second kappa shape index (κ2) is 9.75. The first-order chi connectivity index (χ1) is 13.7. The zero-order valence-electron chi connectivity index (χ0n) is 16.1. The average molecular weight is 485 g/mol. The van der Waals surface area contributed by atoms with Crippen molar-refractivity contribution in [3.8, 4) is 11.5 Å². The summed E-state index contributed by atoms with van der Waals surface area (Å²) in [6.07, 6.45) is 0. The first-order valence-electron chi connectivity index (χ1n) is 8.53. The molecule has 0 saturated carbocycles. The molecule has 0 atom stereocenters. The summed E-state index contributed by atoms with van der Waals surface area (Å²) in [5.41, 5.74) is 0.543. The number of ketones is 1. The van der Waals surface area contributed by atoms with Crippen molar-refractivity contribution in [1.82, 2.24) is 5.32 Å². The number of nitrogens with one attached hydrogen (secondary N) is 2. The maximum atomic E-state index is 12.3. The van der Waals surface area contributed by atoms with Gasteiger partial charge < -0.3 is 20.1 Å². The first-order valence-corrected chi connectivity index (χ1v) is 11.0. The number of hydrogen-bond acceptors (Lipinski definition) is 6. The lowest BCUT2D eigenvalue weighted by Crippen LogP contribution is -2.33. The molecule has 2 amide bonds. The summed E-state index contributed by atoms with van der Waals surface area (Å²) < 4.78 is 35.1. The Morgan fingerprint density at radius 3 is 2.41 bits per heavy atom. The van der Waals surface area contributed by atoms with Gasteiger partial charge in [0.15, 0.2) is 15.6 Å². The van der Waals surface area contributed by atoms with Crippen LogP contribution in [0.5, 0.6) is 11.5 Å². The molecule has 0 saturated heterocycles. The number of anilines is 1. The van der Waals surface area contributed by atoms with E-state index >= 15 is 0 Å². The minimum Gasteiger partial charge on any atom is -0.497 e. The molecule has 2 rings (SSSR count). The quantitative estimate of drug-likeness (QED) is 0.556. The summed E-state index contributed by atoms with van der Waals surface area (Å²) in [4.78, 5) is 24.6. The zero-order valence-corrected chi connectivity index (χ0v) is 18.5. The number of sulfone groups is 1. The normalized spacial score (nSPS) is 10.9. The van der Waals surface area contributed by atoms with Crippen LogP contribution < -0.4 is 20.1 Å². The highest BCUT2D eigenvalue weighted by Crippen LogP contribution is 2.28. The highest BCUT2D eigenvalue weighted by Gasteiger charge is 2.17. The third-order valence-corrected chi connectivity index (χ3v) is 6.19. The molecule has 0 fully saturated rings. The van der Waals surface area contributed by atoms with E-state index in [1.165, 1.54) is 39.3 Å². The van der Waals surface area contributed by atoms with Gasteiger partial charge in [-0.05, 0) is 36.4 Å². The Morgan fingerprint density at radius 2 is 1.79 bits per heavy atom. The van der Waals surface area contributed by atoms with Crippen LogP contribution in [0.3, 0.4) is 0 Å². The molecule has 0 radical (unpaired) electrons. The van der Waals surface area contributed by atoms with Crippen molar-refractivity contribution in [3.05, 3.63) is 46.4 Å². The van der Waals surface area contributed by atoms with Gasteiger partial charge in [0.2, 0.25) is 0 Å². The number of rotatable bonds is 8. The molecule has 0 unspecified atom stereocenters. The van der Waals surface area contributed by atoms with Crippen LogP contribution in [0, 0.1) is 0 Å². The van der Waals surface area contributed by atoms with Crippen LogP contribution in [0.15, 0.2) is 45.8 Å². The molecular formula is C19H21BrN2O6S. The first kappa shape index (κ1) is 22.7. The van der Waals surface area contributed by atoms with Gasteiger partial charge in [0, 0.05) is 10.0 Å². The maximum Gasteiger partial charge on any atom is 0.319 e. The van der Waals surface area contributed by atoms with E-state index in [2.05, 4.69) is 26.6 Å². The molecule has 0 aliphatic rings. The van der Waals surface area contributed by atoms with E-state index in [0.717, 1.165) is 0 Å². The van der Waals surface area contributed by atoms with Gasteiger partial charge in [-0.15, -0.1) is 0 Å². The molecule has 0 spiro atoms. The largest absolute Gasteiger partial charge is 0.497 e. The van der Waals surface area contributed by atoms with Crippen LogP contribution in [-0.2, 0) is 9.84 Å². The van der Waals surface area contributed by atoms with Crippen molar-refractivity contribution >= 4 is 43.3 Å². The Kier molecular flexibility index (Phi) is 7.63. The smallest absolute Gasteiger partial charge is 0.319 e. The minimum atomic E-state index is -3.45. The van der Waals surface area contributed by atoms with E-state index in [-0.39, 0.29) is 28.7 Å². The topological polar surface area (TPSA) is 111 Å². The SMILES string of the molecule is CCS(=O)(=O)c1ccc(OC)c(NC(=O)NCC(=O)c2cc(Br)cc(OC)c2)c1. The fourth-order valence-electron chi connectivity index (χ4n) is 2.42. The van der Waals surface area contributed by atoms with E-state index in [0.29, 0.717) is 21.5 Å². The van der Waals surface area contributed by atoms with Crippen LogP contribution in [0.4, 0.5) is 10.5 Å². The number of benzene rings is 2. The number of methoxy groups -OCH3 is 2. The molecule has 29 heavy (non-hydrogen) atoms. The molecule has 2 N–H and O–H groups in total. The summed E-state index contributed by atoms with van der Waals surface area (Å²) in [5, 5.41) is 4.96. The number of ether oxygens (including phenoxy) is 2. The summed E-state index contributed by atoms with van der Waals surface area (Å²) in [6.45, 7) is 1.27. The van der Waals surface area contributed by atoms with Crippen molar-refractivity contribution < 1.29 is 27.5 Å². The van der Waals surface area contributed by atoms with Gasteiger partial charge in [0.1, 0.15) is 11.5 Å².